The molecule has 0 unspecified atom stereocenters. The molecule has 0 amide bonds. The van der Waals surface area contributed by atoms with Gasteiger partial charge in [-0.2, -0.15) is 0 Å². The van der Waals surface area contributed by atoms with Crippen LogP contribution in [0.4, 0.5) is 0 Å². The molecule has 0 radical (unpaired) electrons. The third-order valence-corrected chi connectivity index (χ3v) is 7.53. The van der Waals surface area contributed by atoms with Crippen molar-refractivity contribution in [2.75, 3.05) is 0 Å². The maximum atomic E-state index is 6.02. The van der Waals surface area contributed by atoms with E-state index in [0.29, 0.717) is 35.0 Å². The highest BCUT2D eigenvalue weighted by atomic mass is 16.4. The highest BCUT2D eigenvalue weighted by Crippen LogP contribution is 2.30. The van der Waals surface area contributed by atoms with Gasteiger partial charge in [0.1, 0.15) is 11.4 Å². The van der Waals surface area contributed by atoms with Crippen molar-refractivity contribution in [2.24, 2.45) is 0 Å². The number of hydrogen-bond donors (Lipinski definition) is 0. The summed E-state index contributed by atoms with van der Waals surface area (Å²) in [5.74, 6) is 1.39. The first-order valence-electron chi connectivity index (χ1n) is 13.8. The molecule has 6 aromatic heterocycles. The van der Waals surface area contributed by atoms with E-state index in [1.165, 1.54) is 0 Å². The van der Waals surface area contributed by atoms with Gasteiger partial charge in [0, 0.05) is 45.1 Å². The molecule has 0 spiro atoms. The van der Waals surface area contributed by atoms with Crippen LogP contribution < -0.4 is 0 Å². The first-order valence-corrected chi connectivity index (χ1v) is 13.8. The highest BCUT2D eigenvalue weighted by molar-refractivity contribution is 6.04. The van der Waals surface area contributed by atoms with E-state index in [0.717, 1.165) is 54.7 Å². The van der Waals surface area contributed by atoms with Gasteiger partial charge in [0.05, 0.1) is 22.1 Å². The first-order chi connectivity index (χ1) is 21.8. The Hall–Kier alpha value is -6.42. The van der Waals surface area contributed by atoms with Gasteiger partial charge >= 0.3 is 0 Å². The van der Waals surface area contributed by atoms with Gasteiger partial charge < -0.3 is 8.83 Å². The summed E-state index contributed by atoms with van der Waals surface area (Å²) in [6, 6.07) is 31.2. The van der Waals surface area contributed by atoms with E-state index < -0.39 is 0 Å². The van der Waals surface area contributed by atoms with Crippen LogP contribution in [0.5, 0.6) is 0 Å². The van der Waals surface area contributed by atoms with Crippen LogP contribution in [0.2, 0.25) is 0 Å². The van der Waals surface area contributed by atoms with E-state index in [9.17, 15) is 0 Å². The third kappa shape index (κ3) is 3.97. The zero-order valence-electron chi connectivity index (χ0n) is 22.8. The van der Waals surface area contributed by atoms with Crippen LogP contribution in [-0.2, 0) is 0 Å². The van der Waals surface area contributed by atoms with Crippen molar-refractivity contribution in [3.05, 3.63) is 109 Å². The molecule has 9 rings (SSSR count). The largest absolute Gasteiger partial charge is 0.415 e. The Bertz CT molecular complexity index is 2340. The predicted octanol–water partition coefficient (Wildman–Crippen LogP) is 7.31. The van der Waals surface area contributed by atoms with Crippen LogP contribution in [0.3, 0.4) is 0 Å². The van der Waals surface area contributed by atoms with E-state index in [1.807, 2.05) is 97.1 Å². The maximum absolute atomic E-state index is 6.02. The summed E-state index contributed by atoms with van der Waals surface area (Å²) >= 11 is 0. The Morgan fingerprint density at radius 3 is 1.20 bits per heavy atom. The van der Waals surface area contributed by atoms with Gasteiger partial charge in [0.2, 0.25) is 11.8 Å². The molecule has 3 aromatic carbocycles. The summed E-state index contributed by atoms with van der Waals surface area (Å²) in [5, 5.41) is 21.0. The first kappa shape index (κ1) is 24.2. The van der Waals surface area contributed by atoms with Gasteiger partial charge in [0.25, 0.3) is 11.8 Å². The van der Waals surface area contributed by atoms with Gasteiger partial charge in [-0.05, 0) is 48.5 Å². The lowest BCUT2D eigenvalue weighted by Gasteiger charge is -2.03. The van der Waals surface area contributed by atoms with Crippen LogP contribution >= 0.6 is 0 Å². The molecule has 0 saturated carbocycles. The molecule has 0 N–H and O–H groups in total. The summed E-state index contributed by atoms with van der Waals surface area (Å²) in [4.78, 5) is 18.6. The number of fused-ring (bicyclic) bond motifs is 6. The van der Waals surface area contributed by atoms with E-state index in [4.69, 9.17) is 18.8 Å². The topological polar surface area (TPSA) is 129 Å². The van der Waals surface area contributed by atoms with E-state index in [1.54, 1.807) is 12.4 Å². The zero-order chi connectivity index (χ0) is 29.0. The van der Waals surface area contributed by atoms with Gasteiger partial charge in [-0.3, -0.25) is 9.97 Å². The molecule has 206 valence electrons. The van der Waals surface area contributed by atoms with Crippen LogP contribution in [0.1, 0.15) is 0 Å². The minimum absolute atomic E-state index is 0.325. The summed E-state index contributed by atoms with van der Waals surface area (Å²) in [6.45, 7) is 0. The summed E-state index contributed by atoms with van der Waals surface area (Å²) < 4.78 is 12.0. The predicted molar refractivity (Wildman–Crippen MR) is 165 cm³/mol. The number of nitrogens with zero attached hydrogens (tertiary/aromatic N) is 8. The number of hydrogen-bond acceptors (Lipinski definition) is 10. The summed E-state index contributed by atoms with van der Waals surface area (Å²) in [6.07, 6.45) is 3.53. The van der Waals surface area contributed by atoms with Crippen molar-refractivity contribution in [1.82, 2.24) is 40.3 Å². The van der Waals surface area contributed by atoms with Gasteiger partial charge in [-0.15, -0.1) is 20.4 Å². The minimum atomic E-state index is 0.325. The van der Waals surface area contributed by atoms with Crippen LogP contribution in [0.15, 0.2) is 118 Å². The molecule has 44 heavy (non-hydrogen) atoms. The Labute approximate surface area is 248 Å². The quantitative estimate of drug-likeness (QED) is 0.198. The molecule has 0 atom stereocenters. The van der Waals surface area contributed by atoms with Crippen LogP contribution in [-0.4, -0.2) is 40.3 Å². The van der Waals surface area contributed by atoms with Gasteiger partial charge in [-0.1, -0.05) is 48.5 Å². The Morgan fingerprint density at radius 1 is 0.364 bits per heavy atom. The monoisotopic (exact) mass is 570 g/mol. The van der Waals surface area contributed by atoms with Gasteiger partial charge in [-0.25, -0.2) is 9.97 Å². The van der Waals surface area contributed by atoms with Crippen LogP contribution in [0, 0.1) is 0 Å². The third-order valence-electron chi connectivity index (χ3n) is 7.53. The number of pyridine rings is 4. The van der Waals surface area contributed by atoms with E-state index >= 15 is 0 Å². The Balaban J connectivity index is 0.999. The van der Waals surface area contributed by atoms with Crippen molar-refractivity contribution in [3.63, 3.8) is 0 Å². The second-order valence-electron chi connectivity index (χ2n) is 10.2. The fourth-order valence-corrected chi connectivity index (χ4v) is 5.33. The van der Waals surface area contributed by atoms with E-state index in [-0.39, 0.29) is 0 Å². The number of aromatic nitrogens is 8. The molecule has 10 heteroatoms. The highest BCUT2D eigenvalue weighted by Gasteiger charge is 2.16. The molecule has 0 fully saturated rings. The Kier molecular flexibility index (Phi) is 5.26. The second-order valence-corrected chi connectivity index (χ2v) is 10.2. The van der Waals surface area contributed by atoms with Crippen molar-refractivity contribution in [3.8, 4) is 46.1 Å². The van der Waals surface area contributed by atoms with Crippen LogP contribution in [0.25, 0.3) is 89.7 Å². The fourth-order valence-electron chi connectivity index (χ4n) is 5.33. The number of rotatable bonds is 4. The second kappa shape index (κ2) is 9.57. The minimum Gasteiger partial charge on any atom is -0.415 e. The molecular formula is C34H18N8O2. The molecule has 0 aliphatic carbocycles. The molecule has 0 aliphatic rings. The molecule has 0 bridgehead atoms. The van der Waals surface area contributed by atoms with Crippen molar-refractivity contribution >= 4 is 43.6 Å². The molecule has 10 nitrogen and oxygen atoms in total. The van der Waals surface area contributed by atoms with E-state index in [2.05, 4.69) is 30.4 Å². The van der Waals surface area contributed by atoms with Crippen molar-refractivity contribution in [2.45, 2.75) is 0 Å². The maximum Gasteiger partial charge on any atom is 0.266 e. The smallest absolute Gasteiger partial charge is 0.266 e. The standard InChI is InChI=1S/C34H18N8O2/c1-3-19-5-7-21-13-15-25(37-29(21)27(19)35-17-1)33-41-39-31(43-33)23-9-11-24(12-10-23)32-40-42-34(44-32)26-16-14-22-8-6-20-4-2-18-36-28(20)30(22)38-26/h1-18H. The van der Waals surface area contributed by atoms with Crippen molar-refractivity contribution in [1.29, 1.82) is 0 Å². The number of benzene rings is 3. The molecule has 0 aliphatic heterocycles. The lowest BCUT2D eigenvalue weighted by atomic mass is 10.1. The lowest BCUT2D eigenvalue weighted by Crippen LogP contribution is -1.88. The molecule has 9 aromatic rings. The molecule has 6 heterocycles. The normalized spacial score (nSPS) is 11.6. The molecular weight excluding hydrogens is 552 g/mol. The van der Waals surface area contributed by atoms with Crippen molar-refractivity contribution < 1.29 is 8.83 Å². The Morgan fingerprint density at radius 2 is 0.750 bits per heavy atom. The average Bonchev–Trinajstić information content (AvgIpc) is 3.79. The summed E-state index contributed by atoms with van der Waals surface area (Å²) in [5.41, 5.74) is 5.87. The van der Waals surface area contributed by atoms with Gasteiger partial charge in [0.15, 0.2) is 0 Å². The fraction of sp³-hybridized carbons (Fsp3) is 0. The SMILES string of the molecule is c1cnc2c(c1)ccc1ccc(-c3nnc(-c4ccc(-c5nnc(-c6ccc7ccc8cccnc8c7n6)o5)cc4)o3)nc12. The summed E-state index contributed by atoms with van der Waals surface area (Å²) in [7, 11) is 0. The molecule has 0 saturated heterocycles. The zero-order valence-corrected chi connectivity index (χ0v) is 22.8. The average molecular weight is 571 g/mol. The lowest BCUT2D eigenvalue weighted by molar-refractivity contribution is 0.580.